The Morgan fingerprint density at radius 2 is 1.22 bits per heavy atom. The lowest BCUT2D eigenvalue weighted by molar-refractivity contribution is -0.114. The first-order chi connectivity index (χ1) is 12.9. The molecule has 6 nitrogen and oxygen atoms in total. The van der Waals surface area contributed by atoms with Gasteiger partial charge in [-0.25, -0.2) is 0 Å². The summed E-state index contributed by atoms with van der Waals surface area (Å²) < 4.78 is 10.5. The number of anilines is 2. The third kappa shape index (κ3) is 6.21. The van der Waals surface area contributed by atoms with Gasteiger partial charge in [0.15, 0.2) is 0 Å². The summed E-state index contributed by atoms with van der Waals surface area (Å²) in [5.41, 5.74) is 3.28. The predicted octanol–water partition coefficient (Wildman–Crippen LogP) is 3.63. The Bertz CT molecular complexity index is 756. The molecule has 0 spiro atoms. The summed E-state index contributed by atoms with van der Waals surface area (Å²) in [6, 6.07) is 11.1. The van der Waals surface area contributed by atoms with E-state index in [9.17, 15) is 9.59 Å². The highest BCUT2D eigenvalue weighted by Crippen LogP contribution is 2.26. The molecule has 0 aliphatic heterocycles. The van der Waals surface area contributed by atoms with Gasteiger partial charge in [-0.2, -0.15) is 0 Å². The van der Waals surface area contributed by atoms with Crippen molar-refractivity contribution in [3.05, 3.63) is 47.5 Å². The first kappa shape index (κ1) is 20.6. The van der Waals surface area contributed by atoms with Gasteiger partial charge in [-0.1, -0.05) is 12.1 Å². The van der Waals surface area contributed by atoms with Gasteiger partial charge in [-0.05, 0) is 49.2 Å². The van der Waals surface area contributed by atoms with E-state index >= 15 is 0 Å². The predicted molar refractivity (Wildman–Crippen MR) is 110 cm³/mol. The molecule has 0 atom stereocenters. The van der Waals surface area contributed by atoms with E-state index in [1.807, 2.05) is 38.1 Å². The Morgan fingerprint density at radius 1 is 0.815 bits per heavy atom. The second-order valence-electron chi connectivity index (χ2n) is 6.00. The van der Waals surface area contributed by atoms with Crippen molar-refractivity contribution in [2.75, 3.05) is 36.4 Å². The van der Waals surface area contributed by atoms with Crippen molar-refractivity contribution in [1.29, 1.82) is 0 Å². The maximum Gasteiger partial charge on any atom is 0.234 e. The third-order valence-electron chi connectivity index (χ3n) is 3.72. The van der Waals surface area contributed by atoms with Crippen LogP contribution in [0.4, 0.5) is 11.4 Å². The third-order valence-corrected chi connectivity index (χ3v) is 4.66. The van der Waals surface area contributed by atoms with Crippen molar-refractivity contribution < 1.29 is 19.1 Å². The number of benzene rings is 2. The average Bonchev–Trinajstić information content (AvgIpc) is 2.62. The highest BCUT2D eigenvalue weighted by molar-refractivity contribution is 8.00. The van der Waals surface area contributed by atoms with E-state index in [0.717, 1.165) is 11.1 Å². The van der Waals surface area contributed by atoms with Crippen LogP contribution in [-0.2, 0) is 9.59 Å². The molecule has 2 aromatic carbocycles. The van der Waals surface area contributed by atoms with Gasteiger partial charge in [0, 0.05) is 0 Å². The smallest absolute Gasteiger partial charge is 0.234 e. The van der Waals surface area contributed by atoms with Gasteiger partial charge < -0.3 is 20.1 Å². The molecule has 0 unspecified atom stereocenters. The van der Waals surface area contributed by atoms with Crippen LogP contribution in [0.25, 0.3) is 0 Å². The largest absolute Gasteiger partial charge is 0.495 e. The van der Waals surface area contributed by atoms with Crippen molar-refractivity contribution in [2.24, 2.45) is 0 Å². The van der Waals surface area contributed by atoms with E-state index in [0.29, 0.717) is 22.9 Å². The highest BCUT2D eigenvalue weighted by Gasteiger charge is 2.11. The maximum absolute atomic E-state index is 12.1. The molecule has 0 aliphatic rings. The number of rotatable bonds is 8. The minimum absolute atomic E-state index is 0.162. The molecule has 0 bridgehead atoms. The van der Waals surface area contributed by atoms with E-state index in [1.165, 1.54) is 11.8 Å². The lowest BCUT2D eigenvalue weighted by atomic mass is 10.2. The summed E-state index contributed by atoms with van der Waals surface area (Å²) in [5, 5.41) is 5.63. The van der Waals surface area contributed by atoms with Gasteiger partial charge in [0.1, 0.15) is 11.5 Å². The summed E-state index contributed by atoms with van der Waals surface area (Å²) in [5.74, 6) is 1.14. The molecule has 27 heavy (non-hydrogen) atoms. The van der Waals surface area contributed by atoms with Crippen molar-refractivity contribution in [1.82, 2.24) is 0 Å². The van der Waals surface area contributed by atoms with Crippen LogP contribution in [0.5, 0.6) is 11.5 Å². The van der Waals surface area contributed by atoms with Crippen LogP contribution < -0.4 is 20.1 Å². The number of ether oxygens (including phenoxy) is 2. The van der Waals surface area contributed by atoms with Crippen LogP contribution in [0.2, 0.25) is 0 Å². The topological polar surface area (TPSA) is 76.7 Å². The number of hydrogen-bond donors (Lipinski definition) is 2. The molecule has 2 rings (SSSR count). The van der Waals surface area contributed by atoms with Crippen LogP contribution in [-0.4, -0.2) is 37.5 Å². The van der Waals surface area contributed by atoms with Crippen molar-refractivity contribution >= 4 is 35.0 Å². The number of nitrogens with one attached hydrogen (secondary N) is 2. The summed E-state index contributed by atoms with van der Waals surface area (Å²) in [4.78, 5) is 24.3. The highest BCUT2D eigenvalue weighted by atomic mass is 32.2. The maximum atomic E-state index is 12.1. The lowest BCUT2D eigenvalue weighted by Crippen LogP contribution is -2.19. The Labute approximate surface area is 163 Å². The number of carbonyl (C=O) groups is 2. The van der Waals surface area contributed by atoms with E-state index in [1.54, 1.807) is 26.4 Å². The molecule has 0 aliphatic carbocycles. The molecular weight excluding hydrogens is 364 g/mol. The summed E-state index contributed by atoms with van der Waals surface area (Å²) in [7, 11) is 3.11. The number of thioether (sulfide) groups is 1. The fourth-order valence-corrected chi connectivity index (χ4v) is 3.07. The van der Waals surface area contributed by atoms with Crippen LogP contribution in [0.3, 0.4) is 0 Å². The van der Waals surface area contributed by atoms with E-state index < -0.39 is 0 Å². The Morgan fingerprint density at radius 3 is 1.59 bits per heavy atom. The number of amides is 2. The lowest BCUT2D eigenvalue weighted by Gasteiger charge is -2.12. The summed E-state index contributed by atoms with van der Waals surface area (Å²) >= 11 is 1.24. The fraction of sp³-hybridized carbons (Fsp3) is 0.300. The zero-order valence-electron chi connectivity index (χ0n) is 15.9. The number of carbonyl (C=O) groups excluding carboxylic acids is 2. The molecule has 2 amide bonds. The van der Waals surface area contributed by atoms with Gasteiger partial charge in [-0.3, -0.25) is 9.59 Å². The number of methoxy groups -OCH3 is 2. The Hall–Kier alpha value is -2.67. The van der Waals surface area contributed by atoms with Crippen LogP contribution in [0.15, 0.2) is 36.4 Å². The standard InChI is InChI=1S/C20H24N2O4S/c1-13-5-7-17(25-3)15(9-13)21-19(23)11-27-12-20(24)22-16-10-14(2)6-8-18(16)26-4/h5-10H,11-12H2,1-4H3,(H,21,23)(H,22,24). The molecule has 2 N–H and O–H groups in total. The van der Waals surface area contributed by atoms with Crippen LogP contribution in [0, 0.1) is 13.8 Å². The second kappa shape index (κ2) is 9.87. The van der Waals surface area contributed by atoms with Gasteiger partial charge in [-0.15, -0.1) is 11.8 Å². The molecule has 0 saturated heterocycles. The number of hydrogen-bond acceptors (Lipinski definition) is 5. The number of aryl methyl sites for hydroxylation is 2. The molecule has 144 valence electrons. The Balaban J connectivity index is 1.84. The monoisotopic (exact) mass is 388 g/mol. The molecule has 0 radical (unpaired) electrons. The van der Waals surface area contributed by atoms with Crippen molar-refractivity contribution in [3.8, 4) is 11.5 Å². The second-order valence-corrected chi connectivity index (χ2v) is 6.98. The SMILES string of the molecule is COc1ccc(C)cc1NC(=O)CSCC(=O)Nc1cc(C)ccc1OC. The van der Waals surface area contributed by atoms with Gasteiger partial charge in [0.25, 0.3) is 0 Å². The van der Waals surface area contributed by atoms with E-state index in [4.69, 9.17) is 9.47 Å². The zero-order chi connectivity index (χ0) is 19.8. The molecule has 0 heterocycles. The molecule has 2 aromatic rings. The van der Waals surface area contributed by atoms with Crippen LogP contribution >= 0.6 is 11.8 Å². The molecular formula is C20H24N2O4S. The first-order valence-electron chi connectivity index (χ1n) is 8.39. The minimum atomic E-state index is -0.190. The Kier molecular flexibility index (Phi) is 7.55. The van der Waals surface area contributed by atoms with Crippen molar-refractivity contribution in [2.45, 2.75) is 13.8 Å². The quantitative estimate of drug-likeness (QED) is 0.722. The van der Waals surface area contributed by atoms with Crippen LogP contribution in [0.1, 0.15) is 11.1 Å². The fourth-order valence-electron chi connectivity index (χ4n) is 2.45. The normalized spacial score (nSPS) is 10.2. The minimum Gasteiger partial charge on any atom is -0.495 e. The zero-order valence-corrected chi connectivity index (χ0v) is 16.7. The van der Waals surface area contributed by atoms with E-state index in [-0.39, 0.29) is 23.3 Å². The van der Waals surface area contributed by atoms with Gasteiger partial charge >= 0.3 is 0 Å². The summed E-state index contributed by atoms with van der Waals surface area (Å²) in [6.45, 7) is 3.88. The van der Waals surface area contributed by atoms with E-state index in [2.05, 4.69) is 10.6 Å². The van der Waals surface area contributed by atoms with Crippen molar-refractivity contribution in [3.63, 3.8) is 0 Å². The molecule has 7 heteroatoms. The van der Waals surface area contributed by atoms with Gasteiger partial charge in [0.05, 0.1) is 37.1 Å². The average molecular weight is 388 g/mol. The first-order valence-corrected chi connectivity index (χ1v) is 9.55. The molecule has 0 aromatic heterocycles. The molecule has 0 fully saturated rings. The van der Waals surface area contributed by atoms with Gasteiger partial charge in [0.2, 0.25) is 11.8 Å². The molecule has 0 saturated carbocycles. The summed E-state index contributed by atoms with van der Waals surface area (Å²) in [6.07, 6.45) is 0.